The summed E-state index contributed by atoms with van der Waals surface area (Å²) >= 11 is 1.49. The number of anilines is 1. The highest BCUT2D eigenvalue weighted by Crippen LogP contribution is 2.40. The van der Waals surface area contributed by atoms with E-state index in [2.05, 4.69) is 15.2 Å². The molecular formula is C34H38F2N6O3S. The predicted molar refractivity (Wildman–Crippen MR) is 174 cm³/mol. The fourth-order valence-electron chi connectivity index (χ4n) is 6.71. The van der Waals surface area contributed by atoms with E-state index in [1.807, 2.05) is 42.3 Å². The van der Waals surface area contributed by atoms with Crippen LogP contribution in [0.2, 0.25) is 0 Å². The first-order valence-corrected chi connectivity index (χ1v) is 16.9. The van der Waals surface area contributed by atoms with E-state index in [-0.39, 0.29) is 36.4 Å². The van der Waals surface area contributed by atoms with Crippen molar-refractivity contribution in [3.63, 3.8) is 0 Å². The van der Waals surface area contributed by atoms with Crippen LogP contribution in [-0.2, 0) is 11.3 Å². The molecule has 4 unspecified atom stereocenters. The van der Waals surface area contributed by atoms with Crippen molar-refractivity contribution in [3.05, 3.63) is 89.0 Å². The monoisotopic (exact) mass is 648 g/mol. The van der Waals surface area contributed by atoms with Gasteiger partial charge < -0.3 is 15.3 Å². The maximum Gasteiger partial charge on any atom is 0.310 e. The zero-order chi connectivity index (χ0) is 32.4. The number of carbonyl (C=O) groups excluding carboxylic acids is 1. The number of aromatic nitrogens is 3. The average molecular weight is 649 g/mol. The van der Waals surface area contributed by atoms with Gasteiger partial charge in [-0.2, -0.15) is 0 Å². The van der Waals surface area contributed by atoms with E-state index in [1.165, 1.54) is 34.6 Å². The van der Waals surface area contributed by atoms with Gasteiger partial charge in [-0.25, -0.2) is 18.3 Å². The van der Waals surface area contributed by atoms with Crippen molar-refractivity contribution >= 4 is 35.1 Å². The van der Waals surface area contributed by atoms with Gasteiger partial charge in [0, 0.05) is 37.0 Å². The summed E-state index contributed by atoms with van der Waals surface area (Å²) in [6.45, 7) is 4.21. The molecule has 2 aliphatic rings. The van der Waals surface area contributed by atoms with E-state index in [0.717, 1.165) is 41.0 Å². The molecule has 2 saturated heterocycles. The van der Waals surface area contributed by atoms with Crippen molar-refractivity contribution in [1.29, 1.82) is 0 Å². The molecule has 2 aromatic carbocycles. The molecule has 9 nitrogen and oxygen atoms in total. The Bertz CT molecular complexity index is 1730. The van der Waals surface area contributed by atoms with Crippen molar-refractivity contribution in [2.45, 2.75) is 68.2 Å². The topological polar surface area (TPSA) is 103 Å². The third kappa shape index (κ3) is 6.73. The number of imidazole rings is 1. The van der Waals surface area contributed by atoms with E-state index < -0.39 is 24.1 Å². The lowest BCUT2D eigenvalue weighted by atomic mass is 9.93. The summed E-state index contributed by atoms with van der Waals surface area (Å²) in [5, 5.41) is 17.5. The summed E-state index contributed by atoms with van der Waals surface area (Å²) in [7, 11) is 0. The van der Waals surface area contributed by atoms with Gasteiger partial charge in [0.05, 0.1) is 24.7 Å². The molecule has 12 heteroatoms. The minimum absolute atomic E-state index is 0.0792. The number of likely N-dealkylation sites (tertiary alicyclic amines) is 1. The molecule has 4 heterocycles. The van der Waals surface area contributed by atoms with Gasteiger partial charge in [-0.15, -0.1) is 16.9 Å². The lowest BCUT2D eigenvalue weighted by Gasteiger charge is -2.27. The maximum absolute atomic E-state index is 14.8. The average Bonchev–Trinajstić information content (AvgIpc) is 3.77. The first-order chi connectivity index (χ1) is 22.2. The minimum atomic E-state index is -1.10. The Labute approximate surface area is 271 Å². The van der Waals surface area contributed by atoms with Crippen molar-refractivity contribution in [2.75, 3.05) is 30.8 Å². The Morgan fingerprint density at radius 1 is 1.15 bits per heavy atom. The van der Waals surface area contributed by atoms with Gasteiger partial charge in [-0.1, -0.05) is 37.6 Å². The van der Waals surface area contributed by atoms with Crippen LogP contribution in [0.25, 0.3) is 5.65 Å². The normalized spacial score (nSPS) is 20.8. The van der Waals surface area contributed by atoms with E-state index in [4.69, 9.17) is 5.10 Å². The number of nitrogens with one attached hydrogen (secondary N) is 1. The Hall–Kier alpha value is -4.03. The molecule has 0 spiro atoms. The SMILES string of the molecule is CCCC(C(=O)O)c1cccc(CN2CCC(NC(=O)c3cnc4ccc(N5CC(F)CC5c5cc(F)ccc5SC)nn34)C2)c1. The molecule has 46 heavy (non-hydrogen) atoms. The number of carboxylic acid groups (broad SMARTS) is 1. The van der Waals surface area contributed by atoms with Crippen LogP contribution in [0, 0.1) is 5.82 Å². The van der Waals surface area contributed by atoms with Crippen LogP contribution in [0.15, 0.2) is 65.7 Å². The molecule has 0 radical (unpaired) electrons. The molecule has 0 aliphatic carbocycles. The number of nitrogens with zero attached hydrogens (tertiary/aromatic N) is 5. The standard InChI is InChI=1S/C34H38F2N6O3S/c1-3-5-26(34(44)45)22-7-4-6-21(14-22)18-40-13-12-25(20-40)38-33(43)29-17-37-31-10-11-32(39-42(29)31)41-19-24(36)16-28(41)27-15-23(35)8-9-30(27)46-2/h4,6-11,14-15,17,24-26,28H,3,5,12-13,16,18-20H2,1-2H3,(H,38,43)(H,44,45). The van der Waals surface area contributed by atoms with Gasteiger partial charge in [0.15, 0.2) is 11.3 Å². The van der Waals surface area contributed by atoms with Gasteiger partial charge in [-0.3, -0.25) is 14.5 Å². The number of carbonyl (C=O) groups is 2. The van der Waals surface area contributed by atoms with E-state index >= 15 is 0 Å². The lowest BCUT2D eigenvalue weighted by molar-refractivity contribution is -0.139. The second-order valence-electron chi connectivity index (χ2n) is 12.1. The van der Waals surface area contributed by atoms with E-state index in [0.29, 0.717) is 31.0 Å². The van der Waals surface area contributed by atoms with Crippen LogP contribution in [0.5, 0.6) is 0 Å². The molecule has 4 aromatic rings. The van der Waals surface area contributed by atoms with Crippen molar-refractivity contribution < 1.29 is 23.5 Å². The van der Waals surface area contributed by atoms with Crippen LogP contribution in [0.1, 0.15) is 71.7 Å². The number of amides is 1. The Kier molecular flexibility index (Phi) is 9.55. The first-order valence-electron chi connectivity index (χ1n) is 15.7. The number of hydrogen-bond donors (Lipinski definition) is 2. The number of carboxylic acids is 1. The molecule has 0 bridgehead atoms. The Balaban J connectivity index is 1.15. The number of rotatable bonds is 11. The molecule has 2 aliphatic heterocycles. The van der Waals surface area contributed by atoms with Crippen LogP contribution in [0.4, 0.5) is 14.6 Å². The third-order valence-corrected chi connectivity index (χ3v) is 9.73. The zero-order valence-corrected chi connectivity index (χ0v) is 26.7. The van der Waals surface area contributed by atoms with Crippen LogP contribution >= 0.6 is 11.8 Å². The molecule has 2 fully saturated rings. The molecule has 1 amide bonds. The second-order valence-corrected chi connectivity index (χ2v) is 13.0. The van der Waals surface area contributed by atoms with Crippen molar-refractivity contribution in [1.82, 2.24) is 24.8 Å². The van der Waals surface area contributed by atoms with Crippen molar-refractivity contribution in [3.8, 4) is 0 Å². The Morgan fingerprint density at radius 2 is 2.00 bits per heavy atom. The minimum Gasteiger partial charge on any atom is -0.481 e. The number of benzene rings is 2. The first kappa shape index (κ1) is 31.9. The molecule has 2 N–H and O–H groups in total. The molecule has 6 rings (SSSR count). The highest BCUT2D eigenvalue weighted by molar-refractivity contribution is 7.98. The molecule has 242 valence electrons. The molecular weight excluding hydrogens is 610 g/mol. The van der Waals surface area contributed by atoms with Crippen LogP contribution < -0.4 is 10.2 Å². The molecule has 2 aromatic heterocycles. The molecule has 4 atom stereocenters. The number of hydrogen-bond acceptors (Lipinski definition) is 7. The highest BCUT2D eigenvalue weighted by atomic mass is 32.2. The summed E-state index contributed by atoms with van der Waals surface area (Å²) in [6.07, 6.45) is 4.68. The summed E-state index contributed by atoms with van der Waals surface area (Å²) in [6, 6.07) is 15.4. The van der Waals surface area contributed by atoms with Gasteiger partial charge in [-0.05, 0) is 66.1 Å². The van der Waals surface area contributed by atoms with E-state index in [1.54, 1.807) is 18.2 Å². The summed E-state index contributed by atoms with van der Waals surface area (Å²) < 4.78 is 30.6. The predicted octanol–water partition coefficient (Wildman–Crippen LogP) is 5.85. The Morgan fingerprint density at radius 3 is 2.78 bits per heavy atom. The smallest absolute Gasteiger partial charge is 0.310 e. The van der Waals surface area contributed by atoms with E-state index in [9.17, 15) is 23.5 Å². The van der Waals surface area contributed by atoms with Crippen molar-refractivity contribution in [2.24, 2.45) is 0 Å². The number of thioether (sulfide) groups is 1. The van der Waals surface area contributed by atoms with Crippen LogP contribution in [-0.4, -0.2) is 74.6 Å². The fraction of sp³-hybridized carbons (Fsp3) is 0.412. The van der Waals surface area contributed by atoms with Gasteiger partial charge in [0.2, 0.25) is 0 Å². The molecule has 0 saturated carbocycles. The third-order valence-electron chi connectivity index (χ3n) is 8.92. The number of alkyl halides is 1. The summed E-state index contributed by atoms with van der Waals surface area (Å²) in [5.41, 5.74) is 3.36. The van der Waals surface area contributed by atoms with Crippen LogP contribution in [0.3, 0.4) is 0 Å². The summed E-state index contributed by atoms with van der Waals surface area (Å²) in [4.78, 5) is 34.6. The highest BCUT2D eigenvalue weighted by Gasteiger charge is 2.36. The lowest BCUT2D eigenvalue weighted by Crippen LogP contribution is -2.37. The maximum atomic E-state index is 14.8. The second kappa shape index (κ2) is 13.8. The number of halogens is 2. The fourth-order valence-corrected chi connectivity index (χ4v) is 7.35. The van der Waals surface area contributed by atoms with Gasteiger partial charge >= 0.3 is 5.97 Å². The zero-order valence-electron chi connectivity index (χ0n) is 25.9. The van der Waals surface area contributed by atoms with Gasteiger partial charge in [0.25, 0.3) is 5.91 Å². The number of aliphatic carboxylic acids is 1. The van der Waals surface area contributed by atoms with Gasteiger partial charge in [0.1, 0.15) is 17.8 Å². The quantitative estimate of drug-likeness (QED) is 0.195. The summed E-state index contributed by atoms with van der Waals surface area (Å²) in [5.74, 6) is -1.51. The largest absolute Gasteiger partial charge is 0.481 e. The number of fused-ring (bicyclic) bond motifs is 1.